The van der Waals surface area contributed by atoms with Crippen LogP contribution >= 0.6 is 0 Å². The van der Waals surface area contributed by atoms with Crippen LogP contribution < -0.4 is 4.90 Å². The number of rotatable bonds is 0. The summed E-state index contributed by atoms with van der Waals surface area (Å²) >= 11 is 0. The van der Waals surface area contributed by atoms with Gasteiger partial charge in [0.05, 0.1) is 25.2 Å². The van der Waals surface area contributed by atoms with E-state index in [9.17, 15) is 4.79 Å². The van der Waals surface area contributed by atoms with E-state index in [2.05, 4.69) is 40.1 Å². The maximum absolute atomic E-state index is 13.2. The van der Waals surface area contributed by atoms with E-state index in [1.165, 1.54) is 30.6 Å². The monoisotopic (exact) mass is 334 g/mol. The second-order valence-corrected chi connectivity index (χ2v) is 8.78. The van der Waals surface area contributed by atoms with Crippen molar-refractivity contribution in [3.63, 3.8) is 0 Å². The number of ether oxygens (including phenoxy) is 1. The molecule has 0 radical (unpaired) electrons. The first-order chi connectivity index (χ1) is 12.3. The summed E-state index contributed by atoms with van der Waals surface area (Å²) in [6, 6.07) is 9.64. The molecule has 5 aliphatic heterocycles. The molecule has 7 rings (SSSR count). The number of fused-ring (bicyclic) bond motifs is 2. The molecule has 3 saturated heterocycles. The number of anilines is 1. The van der Waals surface area contributed by atoms with Gasteiger partial charge in [0, 0.05) is 29.6 Å². The van der Waals surface area contributed by atoms with Crippen molar-refractivity contribution in [3.8, 4) is 0 Å². The van der Waals surface area contributed by atoms with Gasteiger partial charge in [0.15, 0.2) is 0 Å². The Labute approximate surface area is 147 Å². The van der Waals surface area contributed by atoms with Crippen LogP contribution in [-0.2, 0) is 14.9 Å². The molecule has 2 bridgehead atoms. The Balaban J connectivity index is 1.55. The Bertz CT molecular complexity index is 848. The number of hydrogen-bond donors (Lipinski definition) is 0. The third-order valence-corrected chi connectivity index (χ3v) is 8.22. The molecule has 4 heteroatoms. The van der Waals surface area contributed by atoms with Gasteiger partial charge in [0.1, 0.15) is 0 Å². The lowest BCUT2D eigenvalue weighted by Crippen LogP contribution is -2.69. The number of hydrogen-bond acceptors (Lipinski definition) is 3. The van der Waals surface area contributed by atoms with E-state index < -0.39 is 0 Å². The normalized spacial score (nSPS) is 45.9. The Morgan fingerprint density at radius 2 is 2.16 bits per heavy atom. The van der Waals surface area contributed by atoms with Gasteiger partial charge in [-0.1, -0.05) is 29.8 Å². The minimum absolute atomic E-state index is 0.104. The number of amides is 1. The van der Waals surface area contributed by atoms with E-state index in [1.54, 1.807) is 5.57 Å². The van der Waals surface area contributed by atoms with Gasteiger partial charge < -0.3 is 9.64 Å². The van der Waals surface area contributed by atoms with Gasteiger partial charge in [-0.25, -0.2) is 0 Å². The molecule has 1 saturated carbocycles. The molecule has 4 nitrogen and oxygen atoms in total. The minimum atomic E-state index is 0.104. The largest absolute Gasteiger partial charge is 0.373 e. The standard InChI is InChI=1S/C21H22N2O2/c24-18-10-16-19-13-9-17-21(6-7-22(17)11-12(13)5-8-25-16)14-3-1-2-4-15(14)23(18)20(19)21/h1-5,13,16-17,19-20H,6-11H2/t13-,16+,17-,19-,20+,21+/m1/s1. The predicted octanol–water partition coefficient (Wildman–Crippen LogP) is 2.09. The van der Waals surface area contributed by atoms with E-state index in [1.807, 2.05) is 0 Å². The molecule has 25 heavy (non-hydrogen) atoms. The number of para-hydroxylation sites is 1. The predicted molar refractivity (Wildman–Crippen MR) is 93.4 cm³/mol. The van der Waals surface area contributed by atoms with E-state index in [0.29, 0.717) is 36.9 Å². The molecule has 4 fully saturated rings. The Morgan fingerprint density at radius 1 is 1.24 bits per heavy atom. The maximum Gasteiger partial charge on any atom is 0.229 e. The van der Waals surface area contributed by atoms with Gasteiger partial charge in [-0.05, 0) is 36.9 Å². The quantitative estimate of drug-likeness (QED) is 0.681. The summed E-state index contributed by atoms with van der Waals surface area (Å²) in [6.07, 6.45) is 5.43. The van der Waals surface area contributed by atoms with Gasteiger partial charge >= 0.3 is 0 Å². The van der Waals surface area contributed by atoms with Crippen molar-refractivity contribution in [2.45, 2.75) is 42.9 Å². The molecule has 0 unspecified atom stereocenters. The fourth-order valence-corrected chi connectivity index (χ4v) is 7.51. The Kier molecular flexibility index (Phi) is 2.27. The molecule has 0 aromatic heterocycles. The summed E-state index contributed by atoms with van der Waals surface area (Å²) < 4.78 is 6.25. The van der Waals surface area contributed by atoms with Gasteiger partial charge in [0.25, 0.3) is 0 Å². The number of carbonyl (C=O) groups is 1. The van der Waals surface area contributed by atoms with Crippen molar-refractivity contribution in [3.05, 3.63) is 41.5 Å². The smallest absolute Gasteiger partial charge is 0.229 e. The van der Waals surface area contributed by atoms with Crippen LogP contribution in [0, 0.1) is 11.8 Å². The van der Waals surface area contributed by atoms with Crippen LogP contribution in [0.25, 0.3) is 0 Å². The Morgan fingerprint density at radius 3 is 3.12 bits per heavy atom. The van der Waals surface area contributed by atoms with Crippen molar-refractivity contribution >= 4 is 11.6 Å². The molecule has 6 aliphatic rings. The number of piperidine rings is 2. The van der Waals surface area contributed by atoms with Crippen molar-refractivity contribution in [2.75, 3.05) is 24.6 Å². The highest BCUT2D eigenvalue weighted by Gasteiger charge is 2.70. The summed E-state index contributed by atoms with van der Waals surface area (Å²) in [6.45, 7) is 2.97. The molecular formula is C21H22N2O2. The SMILES string of the molecule is O=C1C[C@@H]2OCC=C3CN4CC[C@@]56c7ccccc7N1[C@H]5[C@@H]2[C@@H]3C[C@@H]46. The average Bonchev–Trinajstić information content (AvgIpc) is 3.10. The van der Waals surface area contributed by atoms with Gasteiger partial charge in [-0.2, -0.15) is 0 Å². The number of nitrogens with zero attached hydrogens (tertiary/aromatic N) is 2. The molecule has 1 amide bonds. The molecule has 5 heterocycles. The van der Waals surface area contributed by atoms with Crippen LogP contribution in [0.3, 0.4) is 0 Å². The van der Waals surface area contributed by atoms with Crippen molar-refractivity contribution < 1.29 is 9.53 Å². The highest BCUT2D eigenvalue weighted by molar-refractivity contribution is 5.99. The van der Waals surface area contributed by atoms with Crippen LogP contribution in [0.5, 0.6) is 0 Å². The highest BCUT2D eigenvalue weighted by Crippen LogP contribution is 2.65. The zero-order valence-corrected chi connectivity index (χ0v) is 14.2. The van der Waals surface area contributed by atoms with Gasteiger partial charge in [-0.15, -0.1) is 0 Å². The molecule has 6 atom stereocenters. The first-order valence-corrected chi connectivity index (χ1v) is 9.75. The van der Waals surface area contributed by atoms with Gasteiger partial charge in [0.2, 0.25) is 5.91 Å². The molecule has 1 aliphatic carbocycles. The van der Waals surface area contributed by atoms with E-state index in [0.717, 1.165) is 6.54 Å². The lowest BCUT2D eigenvalue weighted by atomic mass is 9.53. The lowest BCUT2D eigenvalue weighted by molar-refractivity contribution is -0.132. The topological polar surface area (TPSA) is 32.8 Å². The summed E-state index contributed by atoms with van der Waals surface area (Å²) in [5, 5.41) is 0. The molecular weight excluding hydrogens is 312 g/mol. The molecule has 128 valence electrons. The summed E-state index contributed by atoms with van der Waals surface area (Å²) in [5.41, 5.74) is 4.35. The summed E-state index contributed by atoms with van der Waals surface area (Å²) in [5.74, 6) is 1.35. The first-order valence-electron chi connectivity index (χ1n) is 9.75. The molecule has 1 aromatic rings. The second-order valence-electron chi connectivity index (χ2n) is 8.78. The average molecular weight is 334 g/mol. The summed E-state index contributed by atoms with van der Waals surface area (Å²) in [4.78, 5) is 18.1. The first kappa shape index (κ1) is 13.5. The van der Waals surface area contributed by atoms with Crippen LogP contribution in [0.2, 0.25) is 0 Å². The second kappa shape index (κ2) is 4.18. The fraction of sp³-hybridized carbons (Fsp3) is 0.571. The molecule has 1 aromatic carbocycles. The highest BCUT2D eigenvalue weighted by atomic mass is 16.5. The van der Waals surface area contributed by atoms with E-state index >= 15 is 0 Å². The number of benzene rings is 1. The van der Waals surface area contributed by atoms with E-state index in [-0.39, 0.29) is 17.4 Å². The zero-order valence-electron chi connectivity index (χ0n) is 14.2. The third-order valence-electron chi connectivity index (χ3n) is 8.22. The van der Waals surface area contributed by atoms with Crippen molar-refractivity contribution in [1.82, 2.24) is 4.90 Å². The van der Waals surface area contributed by atoms with Crippen LogP contribution in [0.15, 0.2) is 35.9 Å². The van der Waals surface area contributed by atoms with Crippen LogP contribution in [0.1, 0.15) is 24.8 Å². The number of carbonyl (C=O) groups excluding carboxylic acids is 1. The molecule has 1 spiro atoms. The Hall–Kier alpha value is -1.65. The third kappa shape index (κ3) is 1.33. The van der Waals surface area contributed by atoms with Crippen molar-refractivity contribution in [1.29, 1.82) is 0 Å². The van der Waals surface area contributed by atoms with Crippen LogP contribution in [0.4, 0.5) is 5.69 Å². The van der Waals surface area contributed by atoms with Crippen molar-refractivity contribution in [2.24, 2.45) is 11.8 Å². The minimum Gasteiger partial charge on any atom is -0.373 e. The van der Waals surface area contributed by atoms with Crippen LogP contribution in [-0.4, -0.2) is 48.7 Å². The zero-order chi connectivity index (χ0) is 16.3. The summed E-state index contributed by atoms with van der Waals surface area (Å²) in [7, 11) is 0. The molecule has 0 N–H and O–H groups in total. The van der Waals surface area contributed by atoms with E-state index in [4.69, 9.17) is 4.74 Å². The van der Waals surface area contributed by atoms with Gasteiger partial charge in [-0.3, -0.25) is 9.69 Å². The lowest BCUT2D eigenvalue weighted by Gasteiger charge is -2.58. The maximum atomic E-state index is 13.2. The fourth-order valence-electron chi connectivity index (χ4n) is 7.51.